The molecule has 6 rings (SSSR count). The first kappa shape index (κ1) is 41.1. The van der Waals surface area contributed by atoms with Gasteiger partial charge in [0.1, 0.15) is 16.4 Å². The number of fused-ring (bicyclic) bond motifs is 1. The zero-order valence-corrected chi connectivity index (χ0v) is 31.6. The van der Waals surface area contributed by atoms with Gasteiger partial charge in [-0.15, -0.1) is 17.8 Å². The number of rotatable bonds is 13. The molecule has 16 heteroatoms. The molecule has 1 aliphatic carbocycles. The lowest BCUT2D eigenvalue weighted by atomic mass is 9.72. The topological polar surface area (TPSA) is 109 Å². The molecule has 0 bridgehead atoms. The Bertz CT molecular complexity index is 1910. The maximum Gasteiger partial charge on any atom is 0.425 e. The molecule has 1 N–H and O–H groups in total. The number of halogens is 6. The Morgan fingerprint density at radius 3 is 2.46 bits per heavy atom. The van der Waals surface area contributed by atoms with Gasteiger partial charge in [-0.1, -0.05) is 37.5 Å². The number of piperidine rings is 2. The number of thiophene rings is 1. The number of nitrogens with zero attached hydrogens (tertiary/aromatic N) is 3. The summed E-state index contributed by atoms with van der Waals surface area (Å²) in [6, 6.07) is 6.94. The molecule has 1 aromatic heterocycles. The summed E-state index contributed by atoms with van der Waals surface area (Å²) in [4.78, 5) is 46.2. The second-order valence-electron chi connectivity index (χ2n) is 14.9. The molecule has 3 aliphatic heterocycles. The second kappa shape index (κ2) is 15.8. The number of terminal acetylenes is 1. The number of ether oxygens (including phenoxy) is 2. The van der Waals surface area contributed by atoms with Crippen LogP contribution in [0.4, 0.5) is 26.3 Å². The first-order valence-electron chi connectivity index (χ1n) is 18.7. The van der Waals surface area contributed by atoms with Crippen molar-refractivity contribution < 1.29 is 55.3 Å². The molecule has 1 saturated carbocycles. The van der Waals surface area contributed by atoms with Crippen molar-refractivity contribution in [1.82, 2.24) is 9.80 Å². The van der Waals surface area contributed by atoms with Gasteiger partial charge in [-0.3, -0.25) is 19.4 Å². The van der Waals surface area contributed by atoms with E-state index in [1.807, 2.05) is 13.0 Å². The first-order valence-corrected chi connectivity index (χ1v) is 19.5. The molecule has 2 aromatic rings. The molecule has 56 heavy (non-hydrogen) atoms. The Labute approximate surface area is 324 Å². The predicted octanol–water partition coefficient (Wildman–Crippen LogP) is 8.04. The smallest absolute Gasteiger partial charge is 0.425 e. The highest BCUT2D eigenvalue weighted by Gasteiger charge is 2.72. The van der Waals surface area contributed by atoms with E-state index in [4.69, 9.17) is 21.0 Å². The Hall–Kier alpha value is -4.52. The summed E-state index contributed by atoms with van der Waals surface area (Å²) in [5, 5.41) is 10.2. The molecule has 4 heterocycles. The molecular weight excluding hydrogens is 765 g/mol. The highest BCUT2D eigenvalue weighted by atomic mass is 32.1. The third kappa shape index (κ3) is 7.75. The molecule has 2 amide bonds. The molecule has 2 saturated heterocycles. The SMILES string of the molecule is C#CC1(c2ccccc2OCCCC(=O)O)CCN(C(=O)[C@]2(Oc3csc(C(F)(F)F)c3)CCCN(C(=O)CC3=CN=CC4CC34C(F)(F)F)[C@@H]2CCC)CC1. The summed E-state index contributed by atoms with van der Waals surface area (Å²) in [6.07, 6.45) is 0.0512. The van der Waals surface area contributed by atoms with Crippen molar-refractivity contribution in [1.29, 1.82) is 0 Å². The molecular formula is C40H43F6N3O6S. The van der Waals surface area contributed by atoms with Crippen LogP contribution >= 0.6 is 11.3 Å². The van der Waals surface area contributed by atoms with E-state index >= 15 is 4.79 Å². The molecule has 9 nitrogen and oxygen atoms in total. The van der Waals surface area contributed by atoms with E-state index in [0.717, 1.165) is 12.3 Å². The third-order valence-electron chi connectivity index (χ3n) is 11.6. The number of likely N-dealkylation sites (tertiary alicyclic amines) is 2. The molecule has 302 valence electrons. The average molecular weight is 808 g/mol. The van der Waals surface area contributed by atoms with E-state index < -0.39 is 69.8 Å². The maximum atomic E-state index is 15.0. The zero-order chi connectivity index (χ0) is 40.5. The Morgan fingerprint density at radius 2 is 1.82 bits per heavy atom. The minimum atomic E-state index is -4.67. The summed E-state index contributed by atoms with van der Waals surface area (Å²) in [5.74, 6) is 0.185. The minimum absolute atomic E-state index is 0.0445. The lowest BCUT2D eigenvalue weighted by molar-refractivity contribution is -0.179. The average Bonchev–Trinajstić information content (AvgIpc) is 3.77. The molecule has 0 radical (unpaired) electrons. The van der Waals surface area contributed by atoms with Crippen molar-refractivity contribution in [2.45, 2.75) is 101 Å². The van der Waals surface area contributed by atoms with Crippen LogP contribution in [0.15, 0.2) is 52.5 Å². The van der Waals surface area contributed by atoms with E-state index in [1.54, 1.807) is 23.1 Å². The number of carboxylic acids is 1. The number of para-hydroxylation sites is 1. The van der Waals surface area contributed by atoms with E-state index in [9.17, 15) is 35.9 Å². The van der Waals surface area contributed by atoms with Crippen molar-refractivity contribution >= 4 is 35.3 Å². The van der Waals surface area contributed by atoms with Crippen LogP contribution in [-0.4, -0.2) is 83.0 Å². The number of carbonyl (C=O) groups excluding carboxylic acids is 2. The van der Waals surface area contributed by atoms with Gasteiger partial charge in [0.2, 0.25) is 11.5 Å². The fourth-order valence-corrected chi connectivity index (χ4v) is 9.28. The lowest BCUT2D eigenvalue weighted by Gasteiger charge is -2.51. The van der Waals surface area contributed by atoms with Gasteiger partial charge in [-0.2, -0.15) is 26.3 Å². The van der Waals surface area contributed by atoms with Crippen LogP contribution < -0.4 is 9.47 Å². The van der Waals surface area contributed by atoms with Gasteiger partial charge in [-0.25, -0.2) is 0 Å². The fourth-order valence-electron chi connectivity index (χ4n) is 8.60. The van der Waals surface area contributed by atoms with Gasteiger partial charge in [0.15, 0.2) is 0 Å². The minimum Gasteiger partial charge on any atom is -0.493 e. The summed E-state index contributed by atoms with van der Waals surface area (Å²) >= 11 is 0.407. The number of hydrogen-bond donors (Lipinski definition) is 1. The standard InChI is InChI=1S/C40H43F6N3O6S/c1-3-9-31-38(55-28-21-32(56-25-28)39(41,42)43,13-8-16-49(31)33(50)20-26-23-47-24-27-22-37(26,27)40(44,45)46)35(53)48-17-14-36(4-2,15-18-48)29-10-5-6-11-30(29)54-19-7-12-34(51)52/h2,5-6,10-11,21,23-25,27,31H,3,7-9,12-20,22H2,1H3,(H,51,52)/t27?,31-,37?,38+/m1/s1. The Kier molecular flexibility index (Phi) is 11.6. The highest BCUT2D eigenvalue weighted by Crippen LogP contribution is 2.67. The van der Waals surface area contributed by atoms with Gasteiger partial charge in [0.05, 0.1) is 29.9 Å². The molecule has 4 atom stereocenters. The summed E-state index contributed by atoms with van der Waals surface area (Å²) < 4.78 is 96.7. The van der Waals surface area contributed by atoms with Crippen LogP contribution in [0.3, 0.4) is 0 Å². The van der Waals surface area contributed by atoms with Crippen LogP contribution in [0, 0.1) is 23.7 Å². The quantitative estimate of drug-likeness (QED) is 0.125. The van der Waals surface area contributed by atoms with Gasteiger partial charge in [0.25, 0.3) is 5.91 Å². The number of aliphatic carboxylic acids is 1. The molecule has 3 fully saturated rings. The Balaban J connectivity index is 1.30. The van der Waals surface area contributed by atoms with Gasteiger partial charge >= 0.3 is 18.3 Å². The van der Waals surface area contributed by atoms with Crippen molar-refractivity contribution in [3.63, 3.8) is 0 Å². The highest BCUT2D eigenvalue weighted by molar-refractivity contribution is 7.10. The number of carboxylic acid groups (broad SMARTS) is 1. The zero-order valence-electron chi connectivity index (χ0n) is 30.8. The van der Waals surface area contributed by atoms with Gasteiger partial charge < -0.3 is 24.4 Å². The Morgan fingerprint density at radius 1 is 1.09 bits per heavy atom. The van der Waals surface area contributed by atoms with Gasteiger partial charge in [-0.05, 0) is 50.2 Å². The number of amides is 2. The predicted molar refractivity (Wildman–Crippen MR) is 195 cm³/mol. The van der Waals surface area contributed by atoms with Crippen molar-refractivity contribution in [2.75, 3.05) is 26.2 Å². The van der Waals surface area contributed by atoms with E-state index in [1.165, 1.54) is 16.5 Å². The van der Waals surface area contributed by atoms with Crippen LogP contribution in [-0.2, 0) is 26.0 Å². The largest absolute Gasteiger partial charge is 0.493 e. The lowest BCUT2D eigenvalue weighted by Crippen LogP contribution is -2.68. The number of benzene rings is 1. The first-order chi connectivity index (χ1) is 26.5. The van der Waals surface area contributed by atoms with Crippen molar-refractivity contribution in [2.24, 2.45) is 16.3 Å². The fraction of sp³-hybridized carbons (Fsp3) is 0.550. The molecule has 1 aromatic carbocycles. The normalized spacial score (nSPS) is 25.8. The maximum absolute atomic E-state index is 15.0. The van der Waals surface area contributed by atoms with E-state index in [2.05, 4.69) is 10.9 Å². The van der Waals surface area contributed by atoms with Crippen LogP contribution in [0.2, 0.25) is 0 Å². The summed E-state index contributed by atoms with van der Waals surface area (Å²) in [5.41, 5.74) is -4.37. The van der Waals surface area contributed by atoms with Crippen molar-refractivity contribution in [3.05, 3.63) is 57.9 Å². The van der Waals surface area contributed by atoms with Crippen LogP contribution in [0.25, 0.3) is 0 Å². The van der Waals surface area contributed by atoms with Crippen molar-refractivity contribution in [3.8, 4) is 23.8 Å². The monoisotopic (exact) mass is 807 g/mol. The summed E-state index contributed by atoms with van der Waals surface area (Å²) in [6.45, 7) is 2.30. The number of hydrogen-bond acceptors (Lipinski definition) is 7. The number of aliphatic imine (C=N–C) groups is 1. The number of carbonyl (C=O) groups is 3. The molecule has 4 aliphatic rings. The molecule has 0 spiro atoms. The van der Waals surface area contributed by atoms with E-state index in [0.29, 0.717) is 29.1 Å². The van der Waals surface area contributed by atoms with Crippen LogP contribution in [0.5, 0.6) is 11.5 Å². The molecule has 2 unspecified atom stereocenters. The number of alkyl halides is 6. The van der Waals surface area contributed by atoms with E-state index in [-0.39, 0.29) is 88.9 Å². The third-order valence-corrected chi connectivity index (χ3v) is 12.5. The summed E-state index contributed by atoms with van der Waals surface area (Å²) in [7, 11) is 0. The van der Waals surface area contributed by atoms with Crippen LogP contribution in [0.1, 0.15) is 81.6 Å². The second-order valence-corrected chi connectivity index (χ2v) is 15.8. The van der Waals surface area contributed by atoms with Gasteiger partial charge in [0, 0.05) is 67.8 Å².